The van der Waals surface area contributed by atoms with Crippen LogP contribution >= 0.6 is 0 Å². The van der Waals surface area contributed by atoms with Crippen molar-refractivity contribution >= 4 is 0 Å². The van der Waals surface area contributed by atoms with E-state index in [1.54, 1.807) is 11.9 Å². The predicted molar refractivity (Wildman–Crippen MR) is 54.9 cm³/mol. The molecule has 0 heterocycles. The van der Waals surface area contributed by atoms with Crippen molar-refractivity contribution in [2.24, 2.45) is 0 Å². The van der Waals surface area contributed by atoms with Gasteiger partial charge in [-0.25, -0.2) is 0 Å². The Balaban J connectivity index is 3.56. The Bertz CT molecular complexity index is 135. The molecule has 0 aromatic heterocycles. The molecular formula is C9H22N2O3. The summed E-state index contributed by atoms with van der Waals surface area (Å²) in [6.07, 6.45) is 0.0933. The van der Waals surface area contributed by atoms with Gasteiger partial charge < -0.3 is 20.2 Å². The molecule has 0 saturated heterocycles. The van der Waals surface area contributed by atoms with Crippen LogP contribution in [0.3, 0.4) is 0 Å². The second-order valence-electron chi connectivity index (χ2n) is 3.50. The number of hydrogen-bond donors (Lipinski definition) is 3. The third kappa shape index (κ3) is 6.28. The maximum atomic E-state index is 9.59. The molecule has 14 heavy (non-hydrogen) atoms. The van der Waals surface area contributed by atoms with Crippen LogP contribution in [0, 0.1) is 0 Å². The lowest BCUT2D eigenvalue weighted by Gasteiger charge is -2.24. The fourth-order valence-corrected chi connectivity index (χ4v) is 1.15. The monoisotopic (exact) mass is 206 g/mol. The molecule has 5 nitrogen and oxygen atoms in total. The van der Waals surface area contributed by atoms with Crippen LogP contribution in [0.25, 0.3) is 0 Å². The molecule has 1 unspecified atom stereocenters. The van der Waals surface area contributed by atoms with E-state index in [-0.39, 0.29) is 13.2 Å². The minimum absolute atomic E-state index is 0.0556. The van der Waals surface area contributed by atoms with Gasteiger partial charge in [0, 0.05) is 19.6 Å². The fourth-order valence-electron chi connectivity index (χ4n) is 1.15. The van der Waals surface area contributed by atoms with Gasteiger partial charge in [0.15, 0.2) is 0 Å². The Hall–Kier alpha value is -0.200. The van der Waals surface area contributed by atoms with E-state index in [4.69, 9.17) is 10.2 Å². The second-order valence-corrected chi connectivity index (χ2v) is 3.50. The number of nitrogens with zero attached hydrogens (tertiary/aromatic N) is 2. The minimum Gasteiger partial charge on any atom is -0.395 e. The minimum atomic E-state index is -0.525. The molecule has 0 aromatic rings. The van der Waals surface area contributed by atoms with Gasteiger partial charge in [0.1, 0.15) is 6.23 Å². The summed E-state index contributed by atoms with van der Waals surface area (Å²) in [6.45, 7) is 2.03. The van der Waals surface area contributed by atoms with Crippen LogP contribution in [0.5, 0.6) is 0 Å². The first-order valence-corrected chi connectivity index (χ1v) is 4.90. The number of aliphatic hydroxyl groups is 3. The van der Waals surface area contributed by atoms with Gasteiger partial charge in [-0.1, -0.05) is 0 Å². The van der Waals surface area contributed by atoms with E-state index in [0.717, 1.165) is 6.54 Å². The predicted octanol–water partition coefficient (Wildman–Crippen LogP) is -1.46. The molecule has 0 bridgehead atoms. The first-order valence-electron chi connectivity index (χ1n) is 4.90. The van der Waals surface area contributed by atoms with Crippen LogP contribution in [-0.4, -0.2) is 78.3 Å². The molecular weight excluding hydrogens is 184 g/mol. The molecule has 0 amide bonds. The van der Waals surface area contributed by atoms with E-state index >= 15 is 0 Å². The van der Waals surface area contributed by atoms with Crippen LogP contribution in [0.2, 0.25) is 0 Å². The van der Waals surface area contributed by atoms with Gasteiger partial charge in [-0.15, -0.1) is 0 Å². The number of hydrogen-bond acceptors (Lipinski definition) is 5. The van der Waals surface area contributed by atoms with Crippen molar-refractivity contribution in [3.63, 3.8) is 0 Å². The third-order valence-corrected chi connectivity index (χ3v) is 2.21. The maximum absolute atomic E-state index is 9.59. The van der Waals surface area contributed by atoms with E-state index in [1.165, 1.54) is 0 Å². The molecule has 0 aromatic carbocycles. The summed E-state index contributed by atoms with van der Waals surface area (Å²) in [6, 6.07) is 0. The Kier molecular flexibility index (Phi) is 8.02. The van der Waals surface area contributed by atoms with Crippen molar-refractivity contribution in [1.29, 1.82) is 0 Å². The molecule has 0 aliphatic heterocycles. The topological polar surface area (TPSA) is 67.2 Å². The Morgan fingerprint density at radius 1 is 1.00 bits per heavy atom. The van der Waals surface area contributed by atoms with Gasteiger partial charge >= 0.3 is 0 Å². The molecule has 0 spiro atoms. The molecule has 0 aliphatic rings. The maximum Gasteiger partial charge on any atom is 0.108 e. The van der Waals surface area contributed by atoms with E-state index < -0.39 is 6.23 Å². The molecule has 5 heteroatoms. The molecule has 0 fully saturated rings. The zero-order valence-electron chi connectivity index (χ0n) is 9.06. The lowest BCUT2D eigenvalue weighted by atomic mass is 10.3. The van der Waals surface area contributed by atoms with Crippen LogP contribution < -0.4 is 0 Å². The summed E-state index contributed by atoms with van der Waals surface area (Å²) in [5.41, 5.74) is 0. The van der Waals surface area contributed by atoms with Crippen LogP contribution in [0.1, 0.15) is 6.42 Å². The summed E-state index contributed by atoms with van der Waals surface area (Å²) in [5.74, 6) is 0. The van der Waals surface area contributed by atoms with Crippen molar-refractivity contribution in [3.8, 4) is 0 Å². The second kappa shape index (κ2) is 8.14. The van der Waals surface area contributed by atoms with Crippen molar-refractivity contribution in [3.05, 3.63) is 0 Å². The SMILES string of the molecule is CN(CCO)CCC(O)N(C)CCO. The van der Waals surface area contributed by atoms with Gasteiger partial charge in [-0.2, -0.15) is 0 Å². The van der Waals surface area contributed by atoms with Gasteiger partial charge in [-0.05, 0) is 20.5 Å². The lowest BCUT2D eigenvalue weighted by Crippen LogP contribution is -2.36. The van der Waals surface area contributed by atoms with Gasteiger partial charge in [0.05, 0.1) is 13.2 Å². The average Bonchev–Trinajstić information content (AvgIpc) is 2.15. The zero-order chi connectivity index (χ0) is 11.0. The Labute approximate surface area is 85.6 Å². The molecule has 86 valence electrons. The van der Waals surface area contributed by atoms with Crippen LogP contribution in [-0.2, 0) is 0 Å². The summed E-state index contributed by atoms with van der Waals surface area (Å²) in [4.78, 5) is 3.66. The molecule has 0 saturated carbocycles. The number of likely N-dealkylation sites (N-methyl/N-ethyl adjacent to an activating group) is 2. The number of rotatable bonds is 8. The molecule has 1 atom stereocenters. The average molecular weight is 206 g/mol. The summed E-state index contributed by atoms with van der Waals surface area (Å²) in [5, 5.41) is 26.9. The van der Waals surface area contributed by atoms with Gasteiger partial charge in [0.25, 0.3) is 0 Å². The molecule has 0 radical (unpaired) electrons. The summed E-state index contributed by atoms with van der Waals surface area (Å²) < 4.78 is 0. The number of aliphatic hydroxyl groups excluding tert-OH is 3. The fraction of sp³-hybridized carbons (Fsp3) is 1.00. The largest absolute Gasteiger partial charge is 0.395 e. The molecule has 3 N–H and O–H groups in total. The third-order valence-electron chi connectivity index (χ3n) is 2.21. The van der Waals surface area contributed by atoms with Gasteiger partial charge in [0.2, 0.25) is 0 Å². The Morgan fingerprint density at radius 3 is 2.07 bits per heavy atom. The Morgan fingerprint density at radius 2 is 1.57 bits per heavy atom. The standard InChI is InChI=1S/C9H22N2O3/c1-10(5-7-12)4-3-9(14)11(2)6-8-13/h9,12-14H,3-8H2,1-2H3. The highest BCUT2D eigenvalue weighted by Gasteiger charge is 2.10. The van der Waals surface area contributed by atoms with Crippen molar-refractivity contribution in [1.82, 2.24) is 9.80 Å². The van der Waals surface area contributed by atoms with E-state index in [2.05, 4.69) is 0 Å². The quantitative estimate of drug-likeness (QED) is 0.424. The molecule has 0 aliphatic carbocycles. The van der Waals surface area contributed by atoms with Crippen LogP contribution in [0.15, 0.2) is 0 Å². The highest BCUT2D eigenvalue weighted by molar-refractivity contribution is 4.59. The van der Waals surface area contributed by atoms with Crippen molar-refractivity contribution in [2.45, 2.75) is 12.6 Å². The molecule has 0 rings (SSSR count). The lowest BCUT2D eigenvalue weighted by molar-refractivity contribution is 0.000896. The summed E-state index contributed by atoms with van der Waals surface area (Å²) >= 11 is 0. The highest BCUT2D eigenvalue weighted by Crippen LogP contribution is 1.98. The first kappa shape index (κ1) is 13.8. The smallest absolute Gasteiger partial charge is 0.108 e. The zero-order valence-corrected chi connectivity index (χ0v) is 9.06. The van der Waals surface area contributed by atoms with E-state index in [9.17, 15) is 5.11 Å². The highest BCUT2D eigenvalue weighted by atomic mass is 16.3. The summed E-state index contributed by atoms with van der Waals surface area (Å²) in [7, 11) is 3.67. The van der Waals surface area contributed by atoms with E-state index in [1.807, 2.05) is 11.9 Å². The van der Waals surface area contributed by atoms with E-state index in [0.29, 0.717) is 19.5 Å². The normalized spacial score (nSPS) is 13.9. The van der Waals surface area contributed by atoms with Crippen molar-refractivity contribution in [2.75, 3.05) is 46.9 Å². The van der Waals surface area contributed by atoms with Crippen LogP contribution in [0.4, 0.5) is 0 Å². The van der Waals surface area contributed by atoms with Crippen molar-refractivity contribution < 1.29 is 15.3 Å². The van der Waals surface area contributed by atoms with Gasteiger partial charge in [-0.3, -0.25) is 4.90 Å². The first-order chi connectivity index (χ1) is 6.61.